The molecular weight excluding hydrogens is 434 g/mol. The highest BCUT2D eigenvalue weighted by Crippen LogP contribution is 2.42. The van der Waals surface area contributed by atoms with E-state index in [2.05, 4.69) is 20.9 Å². The minimum absolute atomic E-state index is 0.00542. The molecule has 0 radical (unpaired) electrons. The monoisotopic (exact) mass is 457 g/mol. The summed E-state index contributed by atoms with van der Waals surface area (Å²) < 4.78 is 6.26. The molecule has 4 aromatic rings. The summed E-state index contributed by atoms with van der Waals surface area (Å²) in [5, 5.41) is 24.1. The zero-order valence-electron chi connectivity index (χ0n) is 18.3. The molecule has 1 aliphatic carbocycles. The first-order valence-corrected chi connectivity index (χ1v) is 11.1. The number of hydrogen-bond acceptors (Lipinski definition) is 6. The molecule has 9 heteroatoms. The molecule has 1 aliphatic rings. The van der Waals surface area contributed by atoms with E-state index in [1.807, 2.05) is 36.4 Å². The number of phenols is 1. The van der Waals surface area contributed by atoms with E-state index in [4.69, 9.17) is 4.52 Å². The predicted molar refractivity (Wildman–Crippen MR) is 125 cm³/mol. The molecular formula is C25H23N5O4. The van der Waals surface area contributed by atoms with Gasteiger partial charge in [-0.1, -0.05) is 35.5 Å². The summed E-state index contributed by atoms with van der Waals surface area (Å²) in [5.41, 5.74) is 3.26. The Balaban J connectivity index is 1.35. The van der Waals surface area contributed by atoms with Crippen molar-refractivity contribution in [2.45, 2.75) is 25.2 Å². The predicted octanol–water partition coefficient (Wildman–Crippen LogP) is 4.17. The maximum atomic E-state index is 12.9. The van der Waals surface area contributed by atoms with E-state index in [1.54, 1.807) is 12.1 Å². The van der Waals surface area contributed by atoms with Crippen molar-refractivity contribution in [1.29, 1.82) is 0 Å². The quantitative estimate of drug-likeness (QED) is 0.358. The second-order valence-electron chi connectivity index (χ2n) is 8.17. The van der Waals surface area contributed by atoms with Crippen LogP contribution in [0.2, 0.25) is 0 Å². The molecule has 0 saturated heterocycles. The van der Waals surface area contributed by atoms with Gasteiger partial charge in [-0.05, 0) is 49.1 Å². The van der Waals surface area contributed by atoms with Crippen LogP contribution in [0.3, 0.4) is 0 Å². The summed E-state index contributed by atoms with van der Waals surface area (Å²) in [5.74, 6) is -0.134. The third kappa shape index (κ3) is 4.68. The van der Waals surface area contributed by atoms with Gasteiger partial charge in [-0.15, -0.1) is 0 Å². The van der Waals surface area contributed by atoms with Gasteiger partial charge in [0.15, 0.2) is 0 Å². The lowest BCUT2D eigenvalue weighted by Crippen LogP contribution is -2.32. The molecule has 2 aromatic heterocycles. The minimum Gasteiger partial charge on any atom is -0.507 e. The fourth-order valence-electron chi connectivity index (χ4n) is 3.74. The number of hydrogen-bond donors (Lipinski definition) is 3. The molecule has 34 heavy (non-hydrogen) atoms. The van der Waals surface area contributed by atoms with Crippen LogP contribution in [0, 0.1) is 0 Å². The molecule has 2 amide bonds. The van der Waals surface area contributed by atoms with E-state index in [9.17, 15) is 14.7 Å². The Morgan fingerprint density at radius 1 is 1.09 bits per heavy atom. The molecule has 1 saturated carbocycles. The van der Waals surface area contributed by atoms with Gasteiger partial charge in [0.1, 0.15) is 5.75 Å². The molecule has 3 N–H and O–H groups in total. The van der Waals surface area contributed by atoms with Gasteiger partial charge in [0.25, 0.3) is 5.91 Å². The molecule has 5 rings (SSSR count). The van der Waals surface area contributed by atoms with Gasteiger partial charge in [-0.25, -0.2) is 4.79 Å². The number of rotatable bonds is 7. The standard InChI is InChI=1S/C25H23N5O4/c31-22-9-8-18(28-24(32)23-11-13-27-34-23)14-19(22)20-15-21(17-6-7-17)30(29-20)25(33)26-12-10-16-4-2-1-3-5-16/h1-5,8-9,11,13-15,17,31H,6-7,10,12H2,(H,26,33)(H,28,32). The number of anilines is 1. The van der Waals surface area contributed by atoms with Gasteiger partial charge < -0.3 is 20.3 Å². The Kier molecular flexibility index (Phi) is 5.82. The molecule has 2 heterocycles. The third-order valence-electron chi connectivity index (χ3n) is 5.65. The molecule has 0 spiro atoms. The van der Waals surface area contributed by atoms with Gasteiger partial charge in [0.2, 0.25) is 5.76 Å². The first-order valence-electron chi connectivity index (χ1n) is 11.1. The number of aromatic nitrogens is 3. The first kappa shape index (κ1) is 21.4. The summed E-state index contributed by atoms with van der Waals surface area (Å²) >= 11 is 0. The van der Waals surface area contributed by atoms with Crippen LogP contribution in [0.25, 0.3) is 11.3 Å². The number of benzene rings is 2. The lowest BCUT2D eigenvalue weighted by atomic mass is 10.1. The van der Waals surface area contributed by atoms with Crippen molar-refractivity contribution in [3.8, 4) is 17.0 Å². The van der Waals surface area contributed by atoms with Gasteiger partial charge >= 0.3 is 6.03 Å². The third-order valence-corrected chi connectivity index (χ3v) is 5.65. The summed E-state index contributed by atoms with van der Waals surface area (Å²) in [6, 6.07) is 17.6. The van der Waals surface area contributed by atoms with Crippen molar-refractivity contribution in [3.63, 3.8) is 0 Å². The van der Waals surface area contributed by atoms with Crippen LogP contribution in [-0.4, -0.2) is 38.5 Å². The fraction of sp³-hybridized carbons (Fsp3) is 0.200. The van der Waals surface area contributed by atoms with Gasteiger partial charge in [-0.2, -0.15) is 9.78 Å². The molecule has 0 aliphatic heterocycles. The SMILES string of the molecule is O=C(Nc1ccc(O)c(-c2cc(C3CC3)n(C(=O)NCCc3ccccc3)n2)c1)c1ccno1. The van der Waals surface area contributed by atoms with Gasteiger partial charge in [0.05, 0.1) is 17.6 Å². The molecule has 0 atom stereocenters. The number of phenolic OH excluding ortho intramolecular Hbond substituents is 1. The van der Waals surface area contributed by atoms with E-state index in [1.165, 1.54) is 23.0 Å². The molecule has 172 valence electrons. The van der Waals surface area contributed by atoms with E-state index in [-0.39, 0.29) is 23.5 Å². The topological polar surface area (TPSA) is 122 Å². The van der Waals surface area contributed by atoms with Crippen molar-refractivity contribution in [2.24, 2.45) is 0 Å². The van der Waals surface area contributed by atoms with Crippen LogP contribution in [0.1, 0.15) is 40.6 Å². The second-order valence-corrected chi connectivity index (χ2v) is 8.17. The van der Waals surface area contributed by atoms with E-state index in [0.29, 0.717) is 29.9 Å². The van der Waals surface area contributed by atoms with E-state index in [0.717, 1.165) is 24.1 Å². The number of amides is 2. The molecule has 0 unspecified atom stereocenters. The van der Waals surface area contributed by atoms with Gasteiger partial charge in [-0.3, -0.25) is 4.79 Å². The average molecular weight is 457 g/mol. The molecule has 1 fully saturated rings. The van der Waals surface area contributed by atoms with Crippen molar-refractivity contribution in [2.75, 3.05) is 11.9 Å². The Hall–Kier alpha value is -4.40. The van der Waals surface area contributed by atoms with Crippen molar-refractivity contribution < 1.29 is 19.2 Å². The summed E-state index contributed by atoms with van der Waals surface area (Å²) in [6.45, 7) is 0.483. The number of carbonyl (C=O) groups is 2. The lowest BCUT2D eigenvalue weighted by Gasteiger charge is -2.08. The number of nitrogens with zero attached hydrogens (tertiary/aromatic N) is 3. The maximum Gasteiger partial charge on any atom is 0.342 e. The number of carbonyl (C=O) groups excluding carboxylic acids is 2. The molecule has 0 bridgehead atoms. The van der Waals surface area contributed by atoms with E-state index < -0.39 is 5.91 Å². The highest BCUT2D eigenvalue weighted by atomic mass is 16.5. The van der Waals surface area contributed by atoms with Crippen LogP contribution >= 0.6 is 0 Å². The van der Waals surface area contributed by atoms with Crippen molar-refractivity contribution >= 4 is 17.6 Å². The Labute approximate surface area is 195 Å². The van der Waals surface area contributed by atoms with Crippen LogP contribution < -0.4 is 10.6 Å². The number of nitrogens with one attached hydrogen (secondary N) is 2. The lowest BCUT2D eigenvalue weighted by molar-refractivity contribution is 0.0988. The fourth-order valence-corrected chi connectivity index (χ4v) is 3.74. The normalized spacial score (nSPS) is 12.9. The van der Waals surface area contributed by atoms with Crippen molar-refractivity contribution in [3.05, 3.63) is 83.9 Å². The van der Waals surface area contributed by atoms with E-state index >= 15 is 0 Å². The maximum absolute atomic E-state index is 12.9. The summed E-state index contributed by atoms with van der Waals surface area (Å²) in [6.07, 6.45) is 4.07. The Bertz CT molecular complexity index is 1310. The first-order chi connectivity index (χ1) is 16.6. The smallest absolute Gasteiger partial charge is 0.342 e. The Morgan fingerprint density at radius 2 is 1.91 bits per heavy atom. The van der Waals surface area contributed by atoms with Crippen LogP contribution in [0.15, 0.2) is 71.4 Å². The Morgan fingerprint density at radius 3 is 2.65 bits per heavy atom. The molecule has 9 nitrogen and oxygen atoms in total. The number of aromatic hydroxyl groups is 1. The van der Waals surface area contributed by atoms with Gasteiger partial charge in [0, 0.05) is 29.8 Å². The van der Waals surface area contributed by atoms with Crippen molar-refractivity contribution in [1.82, 2.24) is 20.3 Å². The summed E-state index contributed by atoms with van der Waals surface area (Å²) in [7, 11) is 0. The molecule has 2 aromatic carbocycles. The average Bonchev–Trinajstić information content (AvgIpc) is 3.35. The summed E-state index contributed by atoms with van der Waals surface area (Å²) in [4.78, 5) is 25.2. The van der Waals surface area contributed by atoms with Crippen LogP contribution in [0.4, 0.5) is 10.5 Å². The zero-order valence-corrected chi connectivity index (χ0v) is 18.3. The zero-order chi connectivity index (χ0) is 23.5. The highest BCUT2D eigenvalue weighted by Gasteiger charge is 2.30. The second kappa shape index (κ2) is 9.22. The van der Waals surface area contributed by atoms with Crippen LogP contribution in [0.5, 0.6) is 5.75 Å². The largest absolute Gasteiger partial charge is 0.507 e. The minimum atomic E-state index is -0.462. The highest BCUT2D eigenvalue weighted by molar-refractivity contribution is 6.02. The van der Waals surface area contributed by atoms with Crippen LogP contribution in [-0.2, 0) is 6.42 Å².